The quantitative estimate of drug-likeness (QED) is 0.366. The highest BCUT2D eigenvalue weighted by Crippen LogP contribution is 2.34. The fraction of sp³-hybridized carbons (Fsp3) is 0.160. The number of ether oxygens (including phenoxy) is 1. The van der Waals surface area contributed by atoms with Crippen LogP contribution < -0.4 is 9.64 Å². The van der Waals surface area contributed by atoms with Crippen LogP contribution in [0.15, 0.2) is 72.9 Å². The van der Waals surface area contributed by atoms with Gasteiger partial charge in [0.25, 0.3) is 0 Å². The summed E-state index contributed by atoms with van der Waals surface area (Å²) in [7, 11) is 0. The number of hydrogen-bond acceptors (Lipinski definition) is 6. The topological polar surface area (TPSA) is 62.0 Å². The third-order valence-corrected chi connectivity index (χ3v) is 6.05. The summed E-state index contributed by atoms with van der Waals surface area (Å²) in [6, 6.07) is 23.6. The smallest absolute Gasteiger partial charge is 0.190 e. The first-order chi connectivity index (χ1) is 15.1. The van der Waals surface area contributed by atoms with Crippen LogP contribution in [0.1, 0.15) is 27.4 Å². The molecule has 0 fully saturated rings. The van der Waals surface area contributed by atoms with E-state index in [0.717, 1.165) is 33.5 Å². The standard InChI is InChI=1S/C25H22N4OS/c1-18-19(2)31-25(28-18)29(22-12-10-20(15-26)11-13-22)16-23-24(9-6-14-27-23)30-17-21-7-4-3-5-8-21/h3-14H,16-17H2,1-2H3. The number of pyridine rings is 1. The molecule has 2 aromatic carbocycles. The largest absolute Gasteiger partial charge is 0.487 e. The van der Waals surface area contributed by atoms with Crippen LogP contribution in [0.25, 0.3) is 0 Å². The summed E-state index contributed by atoms with van der Waals surface area (Å²) < 4.78 is 6.11. The average molecular weight is 427 g/mol. The van der Waals surface area contributed by atoms with Crippen molar-refractivity contribution in [2.45, 2.75) is 27.0 Å². The summed E-state index contributed by atoms with van der Waals surface area (Å²) in [5.74, 6) is 0.745. The molecule has 4 rings (SSSR count). The van der Waals surface area contributed by atoms with Crippen LogP contribution in [0.3, 0.4) is 0 Å². The summed E-state index contributed by atoms with van der Waals surface area (Å²) in [4.78, 5) is 12.7. The summed E-state index contributed by atoms with van der Waals surface area (Å²) in [6.07, 6.45) is 1.78. The molecular formula is C25H22N4OS. The van der Waals surface area contributed by atoms with Crippen molar-refractivity contribution in [3.05, 3.63) is 100 Å². The van der Waals surface area contributed by atoms with Crippen LogP contribution in [0.4, 0.5) is 10.8 Å². The molecule has 5 nitrogen and oxygen atoms in total. The fourth-order valence-electron chi connectivity index (χ4n) is 3.12. The Kier molecular flexibility index (Phi) is 6.25. The molecule has 2 heterocycles. The minimum absolute atomic E-state index is 0.478. The van der Waals surface area contributed by atoms with E-state index in [1.807, 2.05) is 73.7 Å². The lowest BCUT2D eigenvalue weighted by atomic mass is 10.2. The molecular weight excluding hydrogens is 404 g/mol. The Morgan fingerprint density at radius 3 is 2.45 bits per heavy atom. The van der Waals surface area contributed by atoms with E-state index >= 15 is 0 Å². The molecule has 0 atom stereocenters. The Morgan fingerprint density at radius 1 is 1.00 bits per heavy atom. The SMILES string of the molecule is Cc1nc(N(Cc2ncccc2OCc2ccccc2)c2ccc(C#N)cc2)sc1C. The summed E-state index contributed by atoms with van der Waals surface area (Å²) in [5.41, 5.74) is 4.52. The number of nitrogens with zero attached hydrogens (tertiary/aromatic N) is 4. The number of anilines is 2. The van der Waals surface area contributed by atoms with E-state index in [-0.39, 0.29) is 0 Å². The molecule has 6 heteroatoms. The number of nitriles is 1. The molecule has 154 valence electrons. The fourth-order valence-corrected chi connectivity index (χ4v) is 4.04. The highest BCUT2D eigenvalue weighted by atomic mass is 32.1. The summed E-state index contributed by atoms with van der Waals surface area (Å²) >= 11 is 1.64. The lowest BCUT2D eigenvalue weighted by molar-refractivity contribution is 0.301. The van der Waals surface area contributed by atoms with E-state index in [0.29, 0.717) is 18.7 Å². The van der Waals surface area contributed by atoms with E-state index in [2.05, 4.69) is 22.9 Å². The molecule has 31 heavy (non-hydrogen) atoms. The predicted octanol–water partition coefficient (Wildman–Crippen LogP) is 5.94. The van der Waals surface area contributed by atoms with Crippen molar-refractivity contribution >= 4 is 22.2 Å². The van der Waals surface area contributed by atoms with Crippen molar-refractivity contribution in [3.8, 4) is 11.8 Å². The van der Waals surface area contributed by atoms with E-state index < -0.39 is 0 Å². The van der Waals surface area contributed by atoms with Crippen LogP contribution in [0, 0.1) is 25.2 Å². The number of hydrogen-bond donors (Lipinski definition) is 0. The number of aromatic nitrogens is 2. The van der Waals surface area contributed by atoms with Crippen LogP contribution in [-0.2, 0) is 13.2 Å². The van der Waals surface area contributed by atoms with Crippen molar-refractivity contribution < 1.29 is 4.74 Å². The van der Waals surface area contributed by atoms with E-state index in [4.69, 9.17) is 15.0 Å². The highest BCUT2D eigenvalue weighted by Gasteiger charge is 2.18. The van der Waals surface area contributed by atoms with Crippen molar-refractivity contribution in [1.29, 1.82) is 5.26 Å². The molecule has 0 saturated carbocycles. The maximum atomic E-state index is 9.15. The first-order valence-electron chi connectivity index (χ1n) is 9.96. The minimum atomic E-state index is 0.478. The van der Waals surface area contributed by atoms with Gasteiger partial charge < -0.3 is 9.64 Å². The van der Waals surface area contributed by atoms with Gasteiger partial charge in [0.05, 0.1) is 23.9 Å². The van der Waals surface area contributed by atoms with Gasteiger partial charge in [-0.15, -0.1) is 11.3 Å². The maximum absolute atomic E-state index is 9.15. The third kappa shape index (κ3) is 4.90. The van der Waals surface area contributed by atoms with Crippen LogP contribution in [-0.4, -0.2) is 9.97 Å². The van der Waals surface area contributed by atoms with Gasteiger partial charge in [-0.25, -0.2) is 4.98 Å². The second-order valence-electron chi connectivity index (χ2n) is 7.11. The van der Waals surface area contributed by atoms with Gasteiger partial charge in [-0.2, -0.15) is 5.26 Å². The summed E-state index contributed by atoms with van der Waals surface area (Å²) in [5, 5.41) is 10.0. The van der Waals surface area contributed by atoms with Crippen molar-refractivity contribution in [3.63, 3.8) is 0 Å². The molecule has 4 aromatic rings. The number of benzene rings is 2. The number of thiazole rings is 1. The highest BCUT2D eigenvalue weighted by molar-refractivity contribution is 7.15. The van der Waals surface area contributed by atoms with Crippen molar-refractivity contribution in [2.24, 2.45) is 0 Å². The summed E-state index contributed by atoms with van der Waals surface area (Å²) in [6.45, 7) is 5.07. The van der Waals surface area contributed by atoms with Crippen molar-refractivity contribution in [1.82, 2.24) is 9.97 Å². The first-order valence-corrected chi connectivity index (χ1v) is 10.8. The van der Waals surface area contributed by atoms with E-state index in [1.165, 1.54) is 4.88 Å². The molecule has 0 unspecified atom stereocenters. The molecule has 0 N–H and O–H groups in total. The second kappa shape index (κ2) is 9.41. The second-order valence-corrected chi connectivity index (χ2v) is 8.29. The Hall–Kier alpha value is -3.69. The molecule has 0 aliphatic carbocycles. The molecule has 0 radical (unpaired) electrons. The van der Waals surface area contributed by atoms with Gasteiger partial charge in [-0.3, -0.25) is 4.98 Å². The molecule has 0 aliphatic rings. The molecule has 2 aromatic heterocycles. The van der Waals surface area contributed by atoms with Crippen LogP contribution in [0.5, 0.6) is 5.75 Å². The normalized spacial score (nSPS) is 10.5. The lowest BCUT2D eigenvalue weighted by Gasteiger charge is -2.23. The monoisotopic (exact) mass is 426 g/mol. The number of aryl methyl sites for hydroxylation is 2. The zero-order valence-corrected chi connectivity index (χ0v) is 18.3. The van der Waals surface area contributed by atoms with E-state index in [9.17, 15) is 0 Å². The third-order valence-electron chi connectivity index (χ3n) is 4.95. The molecule has 0 spiro atoms. The van der Waals surface area contributed by atoms with Gasteiger partial charge >= 0.3 is 0 Å². The predicted molar refractivity (Wildman–Crippen MR) is 124 cm³/mol. The van der Waals surface area contributed by atoms with Gasteiger partial charge in [0.2, 0.25) is 0 Å². The molecule has 0 aliphatic heterocycles. The zero-order chi connectivity index (χ0) is 21.6. The van der Waals surface area contributed by atoms with Gasteiger partial charge in [-0.1, -0.05) is 30.3 Å². The Morgan fingerprint density at radius 2 is 1.77 bits per heavy atom. The molecule has 0 amide bonds. The minimum Gasteiger partial charge on any atom is -0.487 e. The van der Waals surface area contributed by atoms with Gasteiger partial charge in [-0.05, 0) is 55.8 Å². The molecule has 0 bridgehead atoms. The van der Waals surface area contributed by atoms with E-state index in [1.54, 1.807) is 17.5 Å². The number of rotatable bonds is 7. The first kappa shape index (κ1) is 20.6. The van der Waals surface area contributed by atoms with Gasteiger partial charge in [0.15, 0.2) is 5.13 Å². The maximum Gasteiger partial charge on any atom is 0.190 e. The van der Waals surface area contributed by atoms with Crippen LogP contribution >= 0.6 is 11.3 Å². The Labute approximate surface area is 186 Å². The lowest BCUT2D eigenvalue weighted by Crippen LogP contribution is -2.18. The van der Waals surface area contributed by atoms with Crippen molar-refractivity contribution in [2.75, 3.05) is 4.90 Å². The molecule has 0 saturated heterocycles. The van der Waals surface area contributed by atoms with Crippen LogP contribution in [0.2, 0.25) is 0 Å². The van der Waals surface area contributed by atoms with Gasteiger partial charge in [0, 0.05) is 16.8 Å². The average Bonchev–Trinajstić information content (AvgIpc) is 3.15. The zero-order valence-electron chi connectivity index (χ0n) is 17.4. The van der Waals surface area contributed by atoms with Gasteiger partial charge in [0.1, 0.15) is 18.1 Å². The Balaban J connectivity index is 1.64. The Bertz CT molecular complexity index is 1180.